The largest absolute Gasteiger partial charge is 0.463 e. The number of carbonyl (C=O) groups is 2. The third-order valence-electron chi connectivity index (χ3n) is 3.02. The van der Waals surface area contributed by atoms with Crippen molar-refractivity contribution < 1.29 is 14.3 Å². The van der Waals surface area contributed by atoms with Crippen LogP contribution < -0.4 is 0 Å². The highest BCUT2D eigenvalue weighted by atomic mass is 16.5. The van der Waals surface area contributed by atoms with Crippen LogP contribution in [-0.2, 0) is 14.3 Å². The zero-order valence-electron chi connectivity index (χ0n) is 8.29. The first-order valence-corrected chi connectivity index (χ1v) is 5.14. The Labute approximate surface area is 83.1 Å². The lowest BCUT2D eigenvalue weighted by Gasteiger charge is -2.32. The number of hydrogen-bond donors (Lipinski definition) is 0. The summed E-state index contributed by atoms with van der Waals surface area (Å²) < 4.78 is 4.95. The molecule has 0 aliphatic heterocycles. The topological polar surface area (TPSA) is 43.4 Å². The first-order chi connectivity index (χ1) is 6.72. The number of allylic oxidation sites excluding steroid dienone is 1. The van der Waals surface area contributed by atoms with Gasteiger partial charge in [-0.25, -0.2) is 4.79 Å². The van der Waals surface area contributed by atoms with Crippen molar-refractivity contribution in [3.63, 3.8) is 0 Å². The fourth-order valence-electron chi connectivity index (χ4n) is 2.28. The molecule has 0 aromatic heterocycles. The predicted molar refractivity (Wildman–Crippen MR) is 50.6 cm³/mol. The van der Waals surface area contributed by atoms with Crippen LogP contribution in [0.15, 0.2) is 11.6 Å². The molecule has 3 rings (SSSR count). The Bertz CT molecular complexity index is 304. The van der Waals surface area contributed by atoms with Crippen LogP contribution in [0.2, 0.25) is 0 Å². The van der Waals surface area contributed by atoms with Gasteiger partial charge in [0.05, 0.1) is 6.61 Å². The van der Waals surface area contributed by atoms with E-state index >= 15 is 0 Å². The molecule has 0 radical (unpaired) electrons. The smallest absolute Gasteiger partial charge is 0.333 e. The maximum atomic E-state index is 11.5. The van der Waals surface area contributed by atoms with E-state index in [1.54, 1.807) is 6.92 Å². The van der Waals surface area contributed by atoms with Gasteiger partial charge in [-0.1, -0.05) is 6.08 Å². The lowest BCUT2D eigenvalue weighted by molar-refractivity contribution is -0.140. The van der Waals surface area contributed by atoms with Crippen molar-refractivity contribution in [2.24, 2.45) is 11.8 Å². The molecular formula is C11H14O3. The number of fused-ring (bicyclic) bond motifs is 2. The minimum Gasteiger partial charge on any atom is -0.463 e. The van der Waals surface area contributed by atoms with Gasteiger partial charge in [-0.15, -0.1) is 0 Å². The molecule has 1 fully saturated rings. The Kier molecular flexibility index (Phi) is 2.40. The summed E-state index contributed by atoms with van der Waals surface area (Å²) in [5.41, 5.74) is 0.739. The maximum absolute atomic E-state index is 11.5. The van der Waals surface area contributed by atoms with E-state index in [4.69, 9.17) is 4.74 Å². The highest BCUT2D eigenvalue weighted by molar-refractivity contribution is 5.95. The first-order valence-electron chi connectivity index (χ1n) is 5.14. The van der Waals surface area contributed by atoms with Gasteiger partial charge in [0.1, 0.15) is 5.78 Å². The number of ketones is 1. The summed E-state index contributed by atoms with van der Waals surface area (Å²) in [6.07, 6.45) is 4.22. The summed E-state index contributed by atoms with van der Waals surface area (Å²) in [6.45, 7) is 2.20. The summed E-state index contributed by atoms with van der Waals surface area (Å²) in [5.74, 6) is 0.176. The van der Waals surface area contributed by atoms with Gasteiger partial charge in [-0.3, -0.25) is 4.79 Å². The molecule has 0 N–H and O–H groups in total. The van der Waals surface area contributed by atoms with E-state index < -0.39 is 0 Å². The lowest BCUT2D eigenvalue weighted by atomic mass is 9.71. The van der Waals surface area contributed by atoms with E-state index in [2.05, 4.69) is 0 Å². The zero-order valence-corrected chi connectivity index (χ0v) is 8.29. The molecule has 0 heterocycles. The van der Waals surface area contributed by atoms with E-state index in [-0.39, 0.29) is 23.6 Å². The highest BCUT2D eigenvalue weighted by Gasteiger charge is 2.37. The van der Waals surface area contributed by atoms with Gasteiger partial charge in [0.2, 0.25) is 0 Å². The van der Waals surface area contributed by atoms with E-state index in [9.17, 15) is 9.59 Å². The van der Waals surface area contributed by atoms with Crippen molar-refractivity contribution in [2.75, 3.05) is 6.61 Å². The second-order valence-corrected chi connectivity index (χ2v) is 3.89. The van der Waals surface area contributed by atoms with Gasteiger partial charge < -0.3 is 4.74 Å². The predicted octanol–water partition coefficient (Wildman–Crippen LogP) is 1.47. The third kappa shape index (κ3) is 1.47. The van der Waals surface area contributed by atoms with Gasteiger partial charge >= 0.3 is 5.97 Å². The average molecular weight is 194 g/mol. The van der Waals surface area contributed by atoms with Crippen LogP contribution in [0, 0.1) is 11.8 Å². The Morgan fingerprint density at radius 3 is 2.86 bits per heavy atom. The summed E-state index contributed by atoms with van der Waals surface area (Å²) in [6, 6.07) is 0. The van der Waals surface area contributed by atoms with Crippen LogP contribution in [0.4, 0.5) is 0 Å². The summed E-state index contributed by atoms with van der Waals surface area (Å²) in [7, 11) is 0. The van der Waals surface area contributed by atoms with Crippen LogP contribution in [0.3, 0.4) is 0 Å². The van der Waals surface area contributed by atoms with Gasteiger partial charge in [0.15, 0.2) is 0 Å². The van der Waals surface area contributed by atoms with Crippen molar-refractivity contribution in [2.45, 2.75) is 26.2 Å². The molecule has 0 saturated heterocycles. The number of hydrogen-bond acceptors (Lipinski definition) is 3. The molecule has 2 atom stereocenters. The van der Waals surface area contributed by atoms with Crippen molar-refractivity contribution in [3.8, 4) is 0 Å². The average Bonchev–Trinajstić information content (AvgIpc) is 2.18. The first kappa shape index (κ1) is 9.44. The number of Topliss-reactive ketones (excluding diaryl/α,β-unsaturated/α-hetero) is 1. The standard InChI is InChI=1S/C11H14O3/c1-2-14-11(13)9-5-8-4-3-7(9)6-10(8)12/h5,7-8H,2-4,6H2,1H3. The van der Waals surface area contributed by atoms with Crippen molar-refractivity contribution in [1.82, 2.24) is 0 Å². The summed E-state index contributed by atoms with van der Waals surface area (Å²) >= 11 is 0. The molecule has 0 aromatic rings. The zero-order chi connectivity index (χ0) is 10.1. The van der Waals surface area contributed by atoms with Gasteiger partial charge in [-0.05, 0) is 25.7 Å². The molecule has 0 spiro atoms. The minimum absolute atomic E-state index is 0.0144. The second-order valence-electron chi connectivity index (χ2n) is 3.89. The van der Waals surface area contributed by atoms with E-state index in [0.29, 0.717) is 13.0 Å². The molecule has 3 heteroatoms. The fraction of sp³-hybridized carbons (Fsp3) is 0.636. The van der Waals surface area contributed by atoms with Crippen LogP contribution in [0.25, 0.3) is 0 Å². The maximum Gasteiger partial charge on any atom is 0.333 e. The van der Waals surface area contributed by atoms with Gasteiger partial charge in [0, 0.05) is 17.9 Å². The van der Waals surface area contributed by atoms with Crippen molar-refractivity contribution >= 4 is 11.8 Å². The van der Waals surface area contributed by atoms with Crippen molar-refractivity contribution in [1.29, 1.82) is 0 Å². The van der Waals surface area contributed by atoms with Gasteiger partial charge in [-0.2, -0.15) is 0 Å². The number of rotatable bonds is 2. The Balaban J connectivity index is 2.17. The normalized spacial score (nSPS) is 30.1. The molecule has 3 aliphatic carbocycles. The highest BCUT2D eigenvalue weighted by Crippen LogP contribution is 2.38. The number of esters is 1. The van der Waals surface area contributed by atoms with E-state index in [0.717, 1.165) is 18.4 Å². The second kappa shape index (κ2) is 3.56. The molecule has 0 aromatic carbocycles. The summed E-state index contributed by atoms with van der Waals surface area (Å²) in [4.78, 5) is 22.9. The minimum atomic E-state index is -0.227. The number of carbonyl (C=O) groups excluding carboxylic acids is 2. The number of ether oxygens (including phenoxy) is 1. The fourth-order valence-corrected chi connectivity index (χ4v) is 2.28. The van der Waals surface area contributed by atoms with Gasteiger partial charge in [0.25, 0.3) is 0 Å². The molecule has 0 amide bonds. The molecule has 14 heavy (non-hydrogen) atoms. The Morgan fingerprint density at radius 2 is 2.36 bits per heavy atom. The third-order valence-corrected chi connectivity index (χ3v) is 3.02. The van der Waals surface area contributed by atoms with Crippen LogP contribution in [0.5, 0.6) is 0 Å². The Morgan fingerprint density at radius 1 is 1.57 bits per heavy atom. The van der Waals surface area contributed by atoms with Crippen molar-refractivity contribution in [3.05, 3.63) is 11.6 Å². The van der Waals surface area contributed by atoms with E-state index in [1.807, 2.05) is 6.08 Å². The van der Waals surface area contributed by atoms with E-state index in [1.165, 1.54) is 0 Å². The monoisotopic (exact) mass is 194 g/mol. The molecule has 3 aliphatic rings. The lowest BCUT2D eigenvalue weighted by Crippen LogP contribution is -2.33. The molecule has 3 nitrogen and oxygen atoms in total. The van der Waals surface area contributed by atoms with Crippen LogP contribution >= 0.6 is 0 Å². The Hall–Kier alpha value is -1.12. The molecule has 1 saturated carbocycles. The molecule has 2 bridgehead atoms. The SMILES string of the molecule is CCOC(=O)C1=CC2CCC1CC2=O. The molecule has 76 valence electrons. The quantitative estimate of drug-likeness (QED) is 0.625. The summed E-state index contributed by atoms with van der Waals surface area (Å²) in [5, 5.41) is 0. The van der Waals surface area contributed by atoms with Crippen LogP contribution in [0.1, 0.15) is 26.2 Å². The molecular weight excluding hydrogens is 180 g/mol. The van der Waals surface area contributed by atoms with Crippen LogP contribution in [-0.4, -0.2) is 18.4 Å². The molecule has 2 unspecified atom stereocenters.